The van der Waals surface area contributed by atoms with Gasteiger partial charge in [0.1, 0.15) is 11.3 Å². The molecule has 3 N–H and O–H groups in total. The number of rotatable bonds is 9. The van der Waals surface area contributed by atoms with Crippen molar-refractivity contribution in [1.29, 1.82) is 0 Å². The van der Waals surface area contributed by atoms with Gasteiger partial charge in [0.25, 0.3) is 0 Å². The van der Waals surface area contributed by atoms with Gasteiger partial charge in [-0.05, 0) is 36.6 Å². The molecule has 0 bridgehead atoms. The molecular formula is C21H26N2O4. The first-order valence-electron chi connectivity index (χ1n) is 8.84. The van der Waals surface area contributed by atoms with Crippen molar-refractivity contribution in [2.45, 2.75) is 31.8 Å². The van der Waals surface area contributed by atoms with Gasteiger partial charge in [-0.2, -0.15) is 0 Å². The van der Waals surface area contributed by atoms with Gasteiger partial charge in [0.05, 0.1) is 13.7 Å². The molecule has 0 radical (unpaired) electrons. The first-order chi connectivity index (χ1) is 12.9. The number of hydrogen-bond acceptors (Lipinski definition) is 5. The second-order valence-corrected chi connectivity index (χ2v) is 6.42. The molecule has 6 nitrogen and oxygen atoms in total. The molecule has 0 aliphatic rings. The molecule has 2 aromatic rings. The van der Waals surface area contributed by atoms with Crippen LogP contribution in [-0.2, 0) is 26.4 Å². The summed E-state index contributed by atoms with van der Waals surface area (Å²) in [7, 11) is 1.37. The van der Waals surface area contributed by atoms with E-state index in [9.17, 15) is 9.59 Å². The maximum atomic E-state index is 12.5. The molecule has 1 atom stereocenters. The highest BCUT2D eigenvalue weighted by Gasteiger charge is 2.29. The van der Waals surface area contributed by atoms with Gasteiger partial charge in [0, 0.05) is 13.0 Å². The van der Waals surface area contributed by atoms with Gasteiger partial charge in [-0.15, -0.1) is 0 Å². The standard InChI is InChI=1S/C21H26N2O4/c1-21(22,17-7-4-3-5-8-17)20(25)23-15-16-10-12-18(13-11-16)27-14-6-9-19(24)26-2/h3-5,7-8,10-13H,6,9,14-15,22H2,1-2H3,(H,23,25). The molecule has 0 saturated heterocycles. The van der Waals surface area contributed by atoms with E-state index in [4.69, 9.17) is 10.5 Å². The molecule has 0 saturated carbocycles. The quantitative estimate of drug-likeness (QED) is 0.523. The molecule has 6 heteroatoms. The van der Waals surface area contributed by atoms with Gasteiger partial charge in [-0.1, -0.05) is 42.5 Å². The zero-order chi connectivity index (χ0) is 19.7. The third-order valence-corrected chi connectivity index (χ3v) is 4.24. The Balaban J connectivity index is 1.81. The van der Waals surface area contributed by atoms with Crippen LogP contribution in [-0.4, -0.2) is 25.6 Å². The summed E-state index contributed by atoms with van der Waals surface area (Å²) in [5.41, 5.74) is 6.81. The predicted molar refractivity (Wildman–Crippen MR) is 103 cm³/mol. The van der Waals surface area contributed by atoms with Crippen LogP contribution in [0.15, 0.2) is 54.6 Å². The second-order valence-electron chi connectivity index (χ2n) is 6.42. The van der Waals surface area contributed by atoms with Crippen LogP contribution in [0.1, 0.15) is 30.9 Å². The highest BCUT2D eigenvalue weighted by Crippen LogP contribution is 2.18. The van der Waals surface area contributed by atoms with Crippen molar-refractivity contribution < 1.29 is 19.1 Å². The largest absolute Gasteiger partial charge is 0.494 e. The maximum absolute atomic E-state index is 12.5. The molecule has 0 spiro atoms. The summed E-state index contributed by atoms with van der Waals surface area (Å²) in [5.74, 6) is 0.229. The van der Waals surface area contributed by atoms with Gasteiger partial charge in [-0.25, -0.2) is 0 Å². The molecule has 0 aliphatic heterocycles. The predicted octanol–water partition coefficient (Wildman–Crippen LogP) is 2.51. The Bertz CT molecular complexity index is 743. The smallest absolute Gasteiger partial charge is 0.305 e. The first kappa shape index (κ1) is 20.5. The summed E-state index contributed by atoms with van der Waals surface area (Å²) in [5, 5.41) is 2.87. The lowest BCUT2D eigenvalue weighted by Crippen LogP contribution is -2.48. The monoisotopic (exact) mass is 370 g/mol. The van der Waals surface area contributed by atoms with Crippen LogP contribution in [0, 0.1) is 0 Å². The van der Waals surface area contributed by atoms with Crippen molar-refractivity contribution >= 4 is 11.9 Å². The lowest BCUT2D eigenvalue weighted by molar-refractivity contribution is -0.140. The zero-order valence-electron chi connectivity index (χ0n) is 15.7. The lowest BCUT2D eigenvalue weighted by Gasteiger charge is -2.24. The van der Waals surface area contributed by atoms with Gasteiger partial charge < -0.3 is 20.5 Å². The van der Waals surface area contributed by atoms with Gasteiger partial charge in [0.2, 0.25) is 5.91 Å². The molecule has 1 unspecified atom stereocenters. The summed E-state index contributed by atoms with van der Waals surface area (Å²) in [6.45, 7) is 2.51. The van der Waals surface area contributed by atoms with Crippen LogP contribution in [0.3, 0.4) is 0 Å². The topological polar surface area (TPSA) is 90.6 Å². The van der Waals surface area contributed by atoms with Crippen molar-refractivity contribution in [1.82, 2.24) is 5.32 Å². The SMILES string of the molecule is COC(=O)CCCOc1ccc(CNC(=O)C(C)(N)c2ccccc2)cc1. The van der Waals surface area contributed by atoms with E-state index in [1.165, 1.54) is 7.11 Å². The number of nitrogens with one attached hydrogen (secondary N) is 1. The van der Waals surface area contributed by atoms with E-state index in [-0.39, 0.29) is 11.9 Å². The van der Waals surface area contributed by atoms with E-state index in [1.807, 2.05) is 54.6 Å². The summed E-state index contributed by atoms with van der Waals surface area (Å²) >= 11 is 0. The highest BCUT2D eigenvalue weighted by molar-refractivity contribution is 5.86. The summed E-state index contributed by atoms with van der Waals surface area (Å²) in [6.07, 6.45) is 0.930. The Labute approximate surface area is 159 Å². The Morgan fingerprint density at radius 2 is 1.74 bits per heavy atom. The molecule has 1 amide bonds. The number of esters is 1. The molecule has 0 heterocycles. The van der Waals surface area contributed by atoms with E-state index < -0.39 is 5.54 Å². The van der Waals surface area contributed by atoms with Gasteiger partial charge >= 0.3 is 5.97 Å². The van der Waals surface area contributed by atoms with Crippen molar-refractivity contribution in [3.05, 3.63) is 65.7 Å². The minimum Gasteiger partial charge on any atom is -0.494 e. The maximum Gasteiger partial charge on any atom is 0.305 e. The minimum atomic E-state index is -1.09. The molecule has 144 valence electrons. The number of nitrogens with two attached hydrogens (primary N) is 1. The van der Waals surface area contributed by atoms with Crippen molar-refractivity contribution in [3.63, 3.8) is 0 Å². The molecule has 0 aliphatic carbocycles. The summed E-state index contributed by atoms with van der Waals surface area (Å²) < 4.78 is 10.2. The number of methoxy groups -OCH3 is 1. The zero-order valence-corrected chi connectivity index (χ0v) is 15.7. The van der Waals surface area contributed by atoms with Crippen molar-refractivity contribution in [3.8, 4) is 5.75 Å². The third-order valence-electron chi connectivity index (χ3n) is 4.24. The molecular weight excluding hydrogens is 344 g/mol. The molecule has 0 aromatic heterocycles. The number of amides is 1. The third kappa shape index (κ3) is 6.11. The number of ether oxygens (including phenoxy) is 2. The summed E-state index contributed by atoms with van der Waals surface area (Å²) in [6, 6.07) is 16.7. The second kappa shape index (κ2) is 9.73. The average Bonchev–Trinajstić information content (AvgIpc) is 2.70. The fraction of sp³-hybridized carbons (Fsp3) is 0.333. The number of hydrogen-bond donors (Lipinski definition) is 2. The minimum absolute atomic E-state index is 0.239. The Hall–Kier alpha value is -2.86. The number of benzene rings is 2. The van der Waals surface area contributed by atoms with E-state index in [0.717, 1.165) is 11.1 Å². The van der Waals surface area contributed by atoms with Crippen LogP contribution in [0.2, 0.25) is 0 Å². The van der Waals surface area contributed by atoms with Crippen LogP contribution >= 0.6 is 0 Å². The average molecular weight is 370 g/mol. The molecule has 2 aromatic carbocycles. The molecule has 27 heavy (non-hydrogen) atoms. The lowest BCUT2D eigenvalue weighted by atomic mass is 9.92. The molecule has 0 fully saturated rings. The van der Waals surface area contributed by atoms with Gasteiger partial charge in [-0.3, -0.25) is 9.59 Å². The normalized spacial score (nSPS) is 12.7. The fourth-order valence-electron chi connectivity index (χ4n) is 2.49. The van der Waals surface area contributed by atoms with Crippen LogP contribution in [0.25, 0.3) is 0 Å². The Morgan fingerprint density at radius 1 is 1.07 bits per heavy atom. The number of carbonyl (C=O) groups excluding carboxylic acids is 2. The Kier molecular flexibility index (Phi) is 7.37. The first-order valence-corrected chi connectivity index (χ1v) is 8.84. The fourth-order valence-corrected chi connectivity index (χ4v) is 2.49. The van der Waals surface area contributed by atoms with Crippen molar-refractivity contribution in [2.75, 3.05) is 13.7 Å². The van der Waals surface area contributed by atoms with Crippen LogP contribution < -0.4 is 15.8 Å². The van der Waals surface area contributed by atoms with E-state index in [1.54, 1.807) is 6.92 Å². The van der Waals surface area contributed by atoms with E-state index in [0.29, 0.717) is 31.7 Å². The summed E-state index contributed by atoms with van der Waals surface area (Å²) in [4.78, 5) is 23.5. The van der Waals surface area contributed by atoms with Crippen molar-refractivity contribution in [2.24, 2.45) is 5.73 Å². The van der Waals surface area contributed by atoms with Gasteiger partial charge in [0.15, 0.2) is 0 Å². The molecule has 2 rings (SSSR count). The van der Waals surface area contributed by atoms with E-state index in [2.05, 4.69) is 10.1 Å². The van der Waals surface area contributed by atoms with E-state index >= 15 is 0 Å². The number of carbonyl (C=O) groups is 2. The van der Waals surface area contributed by atoms with Crippen LogP contribution in [0.4, 0.5) is 0 Å². The highest BCUT2D eigenvalue weighted by atomic mass is 16.5. The van der Waals surface area contributed by atoms with Crippen LogP contribution in [0.5, 0.6) is 5.75 Å². The Morgan fingerprint density at radius 3 is 2.37 bits per heavy atom.